The van der Waals surface area contributed by atoms with E-state index in [2.05, 4.69) is 27.4 Å². The van der Waals surface area contributed by atoms with Gasteiger partial charge in [0.1, 0.15) is 11.6 Å². The summed E-state index contributed by atoms with van der Waals surface area (Å²) in [6, 6.07) is 13.3. The second-order valence-corrected chi connectivity index (χ2v) is 6.37. The molecular weight excluding hydrogens is 360 g/mol. The number of benzene rings is 2. The van der Waals surface area contributed by atoms with E-state index in [-0.39, 0.29) is 11.6 Å². The van der Waals surface area contributed by atoms with Crippen molar-refractivity contribution in [2.24, 2.45) is 0 Å². The molecular formula is C19H16BrF2N. The number of rotatable bonds is 3. The molecule has 0 saturated heterocycles. The molecule has 23 heavy (non-hydrogen) atoms. The quantitative estimate of drug-likeness (QED) is 0.514. The lowest BCUT2D eigenvalue weighted by Gasteiger charge is -2.12. The van der Waals surface area contributed by atoms with Crippen molar-refractivity contribution in [3.8, 4) is 22.4 Å². The smallest absolute Gasteiger partial charge is 0.124 e. The Hall–Kier alpha value is -1.94. The van der Waals surface area contributed by atoms with Gasteiger partial charge in [-0.05, 0) is 73.5 Å². The van der Waals surface area contributed by atoms with Crippen molar-refractivity contribution in [3.05, 3.63) is 70.3 Å². The summed E-state index contributed by atoms with van der Waals surface area (Å²) >= 11 is 3.35. The predicted octanol–water partition coefficient (Wildman–Crippen LogP) is 6.19. The molecule has 3 aromatic rings. The number of aromatic nitrogens is 1. The lowest BCUT2D eigenvalue weighted by atomic mass is 10.0. The molecule has 1 heterocycles. The monoisotopic (exact) mass is 375 g/mol. The average Bonchev–Trinajstić information content (AvgIpc) is 2.83. The fourth-order valence-electron chi connectivity index (χ4n) is 2.93. The first-order valence-corrected chi connectivity index (χ1v) is 8.21. The SMILES string of the molecule is CCn1c(C)cc(-c2cc(F)cc(Br)c2)c1-c1ccc(F)cc1. The Balaban J connectivity index is 2.27. The van der Waals surface area contributed by atoms with Crippen molar-refractivity contribution < 1.29 is 8.78 Å². The summed E-state index contributed by atoms with van der Waals surface area (Å²) in [6.07, 6.45) is 0. The fraction of sp³-hybridized carbons (Fsp3) is 0.158. The highest BCUT2D eigenvalue weighted by Crippen LogP contribution is 2.36. The van der Waals surface area contributed by atoms with Gasteiger partial charge in [0.15, 0.2) is 0 Å². The standard InChI is InChI=1S/C19H16BrF2N/c1-3-23-12(2)8-18(14-9-15(20)11-17(22)10-14)19(23)13-4-6-16(21)7-5-13/h4-11H,3H2,1-2H3. The highest BCUT2D eigenvalue weighted by Gasteiger charge is 2.16. The van der Waals surface area contributed by atoms with Crippen LogP contribution >= 0.6 is 15.9 Å². The Morgan fingerprint density at radius 2 is 1.61 bits per heavy atom. The molecule has 0 fully saturated rings. The number of hydrogen-bond acceptors (Lipinski definition) is 0. The first-order valence-electron chi connectivity index (χ1n) is 7.42. The van der Waals surface area contributed by atoms with Gasteiger partial charge in [0.05, 0.1) is 5.69 Å². The Bertz CT molecular complexity index is 830. The summed E-state index contributed by atoms with van der Waals surface area (Å²) < 4.78 is 29.9. The Morgan fingerprint density at radius 1 is 0.913 bits per heavy atom. The van der Waals surface area contributed by atoms with Gasteiger partial charge in [-0.15, -0.1) is 0 Å². The average molecular weight is 376 g/mol. The van der Waals surface area contributed by atoms with Gasteiger partial charge < -0.3 is 4.57 Å². The van der Waals surface area contributed by atoms with Gasteiger partial charge in [-0.3, -0.25) is 0 Å². The van der Waals surface area contributed by atoms with Crippen LogP contribution in [0.2, 0.25) is 0 Å². The maximum absolute atomic E-state index is 13.8. The molecule has 0 radical (unpaired) electrons. The third kappa shape index (κ3) is 3.08. The fourth-order valence-corrected chi connectivity index (χ4v) is 3.40. The highest BCUT2D eigenvalue weighted by atomic mass is 79.9. The molecule has 0 amide bonds. The summed E-state index contributed by atoms with van der Waals surface area (Å²) in [6.45, 7) is 4.87. The zero-order valence-electron chi connectivity index (χ0n) is 12.9. The number of aryl methyl sites for hydroxylation is 1. The van der Waals surface area contributed by atoms with Gasteiger partial charge in [-0.2, -0.15) is 0 Å². The van der Waals surface area contributed by atoms with Crippen LogP contribution in [0.4, 0.5) is 8.78 Å². The lowest BCUT2D eigenvalue weighted by Crippen LogP contribution is -1.99. The van der Waals surface area contributed by atoms with Crippen LogP contribution in [0.15, 0.2) is 53.0 Å². The number of nitrogens with zero attached hydrogens (tertiary/aromatic N) is 1. The third-order valence-electron chi connectivity index (χ3n) is 3.91. The van der Waals surface area contributed by atoms with E-state index < -0.39 is 0 Å². The van der Waals surface area contributed by atoms with E-state index in [9.17, 15) is 8.78 Å². The summed E-state index contributed by atoms with van der Waals surface area (Å²) in [4.78, 5) is 0. The molecule has 118 valence electrons. The Kier molecular flexibility index (Phi) is 4.35. The molecule has 0 bridgehead atoms. The first-order chi connectivity index (χ1) is 11.0. The molecule has 0 atom stereocenters. The molecule has 0 saturated carbocycles. The van der Waals surface area contributed by atoms with Crippen molar-refractivity contribution >= 4 is 15.9 Å². The highest BCUT2D eigenvalue weighted by molar-refractivity contribution is 9.10. The van der Waals surface area contributed by atoms with Gasteiger partial charge in [-0.25, -0.2) is 8.78 Å². The Morgan fingerprint density at radius 3 is 2.22 bits per heavy atom. The summed E-state index contributed by atoms with van der Waals surface area (Å²) in [5.41, 5.74) is 4.71. The molecule has 0 N–H and O–H groups in total. The van der Waals surface area contributed by atoms with Crippen molar-refractivity contribution in [2.75, 3.05) is 0 Å². The zero-order valence-corrected chi connectivity index (χ0v) is 14.5. The second-order valence-electron chi connectivity index (χ2n) is 5.46. The normalized spacial score (nSPS) is 11.0. The van der Waals surface area contributed by atoms with Crippen LogP contribution < -0.4 is 0 Å². The van der Waals surface area contributed by atoms with Crippen LogP contribution in [0, 0.1) is 18.6 Å². The van der Waals surface area contributed by atoms with E-state index in [1.807, 2.05) is 19.1 Å². The number of halogens is 3. The van der Waals surface area contributed by atoms with Gasteiger partial charge in [0.2, 0.25) is 0 Å². The van der Waals surface area contributed by atoms with Gasteiger partial charge in [-0.1, -0.05) is 15.9 Å². The van der Waals surface area contributed by atoms with Gasteiger partial charge >= 0.3 is 0 Å². The molecule has 3 rings (SSSR count). The van der Waals surface area contributed by atoms with Crippen molar-refractivity contribution in [1.29, 1.82) is 0 Å². The molecule has 0 aliphatic heterocycles. The molecule has 0 spiro atoms. The minimum Gasteiger partial charge on any atom is -0.345 e. The van der Waals surface area contributed by atoms with Crippen LogP contribution in [0.5, 0.6) is 0 Å². The van der Waals surface area contributed by atoms with Gasteiger partial charge in [0.25, 0.3) is 0 Å². The van der Waals surface area contributed by atoms with E-state index in [0.29, 0.717) is 4.47 Å². The van der Waals surface area contributed by atoms with E-state index in [1.165, 1.54) is 24.3 Å². The predicted molar refractivity (Wildman–Crippen MR) is 93.3 cm³/mol. The molecule has 2 aromatic carbocycles. The largest absolute Gasteiger partial charge is 0.345 e. The minimum atomic E-state index is -0.290. The molecule has 4 heteroatoms. The second kappa shape index (κ2) is 6.28. The van der Waals surface area contributed by atoms with Crippen LogP contribution in [-0.2, 0) is 6.54 Å². The van der Waals surface area contributed by atoms with Crippen LogP contribution in [0.3, 0.4) is 0 Å². The molecule has 0 aliphatic carbocycles. The van der Waals surface area contributed by atoms with Crippen molar-refractivity contribution in [2.45, 2.75) is 20.4 Å². The van der Waals surface area contributed by atoms with E-state index in [0.717, 1.165) is 34.6 Å². The molecule has 1 aromatic heterocycles. The van der Waals surface area contributed by atoms with Gasteiger partial charge in [0, 0.05) is 22.3 Å². The Labute approximate surface area is 142 Å². The number of hydrogen-bond donors (Lipinski definition) is 0. The molecule has 1 nitrogen and oxygen atoms in total. The van der Waals surface area contributed by atoms with Crippen molar-refractivity contribution in [1.82, 2.24) is 4.57 Å². The first kappa shape index (κ1) is 15.9. The van der Waals surface area contributed by atoms with Crippen LogP contribution in [0.25, 0.3) is 22.4 Å². The minimum absolute atomic E-state index is 0.268. The zero-order chi connectivity index (χ0) is 16.6. The third-order valence-corrected chi connectivity index (χ3v) is 4.37. The lowest BCUT2D eigenvalue weighted by molar-refractivity contribution is 0.627. The molecule has 0 aliphatic rings. The summed E-state index contributed by atoms with van der Waals surface area (Å²) in [5, 5.41) is 0. The van der Waals surface area contributed by atoms with Crippen LogP contribution in [0.1, 0.15) is 12.6 Å². The topological polar surface area (TPSA) is 4.93 Å². The maximum atomic E-state index is 13.8. The summed E-state index contributed by atoms with van der Waals surface area (Å²) in [5.74, 6) is -0.559. The maximum Gasteiger partial charge on any atom is 0.124 e. The van der Waals surface area contributed by atoms with Crippen molar-refractivity contribution in [3.63, 3.8) is 0 Å². The van der Waals surface area contributed by atoms with Crippen LogP contribution in [-0.4, -0.2) is 4.57 Å². The van der Waals surface area contributed by atoms with E-state index in [4.69, 9.17) is 0 Å². The van der Waals surface area contributed by atoms with E-state index >= 15 is 0 Å². The van der Waals surface area contributed by atoms with E-state index in [1.54, 1.807) is 12.1 Å². The summed E-state index contributed by atoms with van der Waals surface area (Å²) in [7, 11) is 0. The molecule has 0 unspecified atom stereocenters.